The monoisotopic (exact) mass is 729 g/mol. The van der Waals surface area contributed by atoms with Crippen LogP contribution in [0.5, 0.6) is 0 Å². The van der Waals surface area contributed by atoms with Gasteiger partial charge in [-0.05, 0) is 36.3 Å². The maximum absolute atomic E-state index is 13.7. The molecule has 0 aliphatic heterocycles. The van der Waals surface area contributed by atoms with Crippen LogP contribution in [0.1, 0.15) is 58.9 Å². The number of benzene rings is 1. The number of aliphatic carboxylic acids is 1. The van der Waals surface area contributed by atoms with Gasteiger partial charge in [-0.1, -0.05) is 76.0 Å². The molecule has 0 bridgehead atoms. The Morgan fingerprint density at radius 2 is 1.57 bits per heavy atom. The van der Waals surface area contributed by atoms with Crippen LogP contribution < -0.4 is 32.7 Å². The molecule has 0 aliphatic rings. The summed E-state index contributed by atoms with van der Waals surface area (Å²) in [7, 11) is -3.89. The quantitative estimate of drug-likeness (QED) is 0.0567. The van der Waals surface area contributed by atoms with Crippen molar-refractivity contribution in [3.63, 3.8) is 0 Å². The molecule has 274 valence electrons. The predicted molar refractivity (Wildman–Crippen MR) is 185 cm³/mol. The summed E-state index contributed by atoms with van der Waals surface area (Å²) in [5, 5.41) is 19.6. The first-order chi connectivity index (χ1) is 22.8. The molecular formula is C31H48ClN7O9S. The molecule has 1 unspecified atom stereocenters. The van der Waals surface area contributed by atoms with E-state index >= 15 is 0 Å². The maximum Gasteiger partial charge on any atom is 0.408 e. The molecule has 18 heteroatoms. The molecule has 0 radical (unpaired) electrons. The Bertz CT molecular complexity index is 1450. The number of aliphatic imine (C=N–C) groups is 1. The van der Waals surface area contributed by atoms with Gasteiger partial charge in [0.2, 0.25) is 17.7 Å². The number of halogens is 1. The summed E-state index contributed by atoms with van der Waals surface area (Å²) in [6.45, 7) is 6.91. The molecule has 0 saturated heterocycles. The van der Waals surface area contributed by atoms with Crippen LogP contribution in [0.4, 0.5) is 4.79 Å². The van der Waals surface area contributed by atoms with Gasteiger partial charge in [0.25, 0.3) is 0 Å². The number of carbonyl (C=O) groups is 5. The van der Waals surface area contributed by atoms with Crippen molar-refractivity contribution in [1.82, 2.24) is 21.3 Å². The molecule has 9 N–H and O–H groups in total. The molecule has 0 spiro atoms. The van der Waals surface area contributed by atoms with Crippen molar-refractivity contribution >= 4 is 57.2 Å². The van der Waals surface area contributed by atoms with Crippen molar-refractivity contribution in [2.75, 3.05) is 12.8 Å². The van der Waals surface area contributed by atoms with Gasteiger partial charge < -0.3 is 42.6 Å². The van der Waals surface area contributed by atoms with E-state index in [4.69, 9.17) is 27.8 Å². The molecule has 16 nitrogen and oxygen atoms in total. The number of nitrogens with one attached hydrogen (secondary N) is 4. The Morgan fingerprint density at radius 3 is 2.10 bits per heavy atom. The Labute approximate surface area is 291 Å². The van der Waals surface area contributed by atoms with Crippen LogP contribution in [0.25, 0.3) is 0 Å². The highest BCUT2D eigenvalue weighted by Gasteiger charge is 2.33. The van der Waals surface area contributed by atoms with Crippen molar-refractivity contribution in [1.29, 1.82) is 0 Å². The van der Waals surface area contributed by atoms with Crippen LogP contribution in [0.2, 0.25) is 0 Å². The Hall–Kier alpha value is -4.38. The van der Waals surface area contributed by atoms with Gasteiger partial charge in [-0.3, -0.25) is 24.2 Å². The third kappa shape index (κ3) is 16.5. The smallest absolute Gasteiger partial charge is 0.408 e. The summed E-state index contributed by atoms with van der Waals surface area (Å²) in [5.74, 6) is -4.69. The number of ether oxygens (including phenoxy) is 1. The van der Waals surface area contributed by atoms with Gasteiger partial charge >= 0.3 is 12.1 Å². The number of carbonyl (C=O) groups excluding carboxylic acids is 4. The SMILES string of the molecule is CCC(C)[C@H](NC(=O)[C@H](CCCN=C(N)N)NC(=O)[C@@H](NC(=O)OCc1ccccc1)C(C)C)C(=O)N[C@H](/C=C(\Cl)S(C)(=O)=O)CC(=O)O. The van der Waals surface area contributed by atoms with Gasteiger partial charge in [-0.25, -0.2) is 13.2 Å². The second kappa shape index (κ2) is 20.9. The second-order valence-electron chi connectivity index (χ2n) is 11.8. The maximum atomic E-state index is 13.7. The predicted octanol–water partition coefficient (Wildman–Crippen LogP) is 1.09. The second-order valence-corrected chi connectivity index (χ2v) is 14.4. The molecule has 49 heavy (non-hydrogen) atoms. The molecule has 0 heterocycles. The molecular weight excluding hydrogens is 682 g/mol. The number of nitrogens with zero attached hydrogens (tertiary/aromatic N) is 1. The molecule has 1 aromatic rings. The Morgan fingerprint density at radius 1 is 0.959 bits per heavy atom. The van der Waals surface area contributed by atoms with Crippen LogP contribution in [-0.4, -0.2) is 86.2 Å². The van der Waals surface area contributed by atoms with E-state index in [2.05, 4.69) is 26.3 Å². The molecule has 0 aliphatic carbocycles. The fourth-order valence-electron chi connectivity index (χ4n) is 4.31. The average molecular weight is 730 g/mol. The van der Waals surface area contributed by atoms with E-state index in [0.29, 0.717) is 6.42 Å². The number of sulfone groups is 1. The number of alkyl carbamates (subject to hydrolysis) is 1. The fourth-order valence-corrected chi connectivity index (χ4v) is 4.87. The number of rotatable bonds is 20. The van der Waals surface area contributed by atoms with Crippen molar-refractivity contribution in [3.05, 3.63) is 46.3 Å². The molecule has 0 fully saturated rings. The molecule has 1 rings (SSSR count). The van der Waals surface area contributed by atoms with Gasteiger partial charge in [0.1, 0.15) is 29.1 Å². The lowest BCUT2D eigenvalue weighted by molar-refractivity contribution is -0.138. The van der Waals surface area contributed by atoms with Crippen LogP contribution in [0.15, 0.2) is 45.8 Å². The lowest BCUT2D eigenvalue weighted by atomic mass is 9.96. The number of carboxylic acids is 1. The summed E-state index contributed by atoms with van der Waals surface area (Å²) < 4.78 is 28.2. The minimum Gasteiger partial charge on any atom is -0.481 e. The Kier molecular flexibility index (Phi) is 18.2. The van der Waals surface area contributed by atoms with Crippen LogP contribution in [-0.2, 0) is 40.4 Å². The highest BCUT2D eigenvalue weighted by Crippen LogP contribution is 2.15. The Balaban J connectivity index is 3.23. The lowest BCUT2D eigenvalue weighted by Gasteiger charge is -2.29. The van der Waals surface area contributed by atoms with Gasteiger partial charge in [0, 0.05) is 12.8 Å². The first kappa shape index (κ1) is 42.6. The lowest BCUT2D eigenvalue weighted by Crippen LogP contribution is -2.59. The van der Waals surface area contributed by atoms with E-state index < -0.39 is 86.4 Å². The summed E-state index contributed by atoms with van der Waals surface area (Å²) in [6, 6.07) is 4.04. The summed E-state index contributed by atoms with van der Waals surface area (Å²) in [6.07, 6.45) is 0.844. The van der Waals surface area contributed by atoms with Crippen molar-refractivity contribution in [3.8, 4) is 0 Å². The van der Waals surface area contributed by atoms with E-state index in [1.165, 1.54) is 0 Å². The van der Waals surface area contributed by atoms with E-state index in [0.717, 1.165) is 17.9 Å². The molecule has 5 atom stereocenters. The van der Waals surface area contributed by atoms with E-state index in [-0.39, 0.29) is 32.0 Å². The average Bonchev–Trinajstić information content (AvgIpc) is 3.01. The van der Waals surface area contributed by atoms with E-state index in [1.807, 2.05) is 6.07 Å². The fraction of sp³-hybridized carbons (Fsp3) is 0.548. The van der Waals surface area contributed by atoms with Crippen molar-refractivity contribution in [2.45, 2.75) is 84.2 Å². The zero-order valence-corrected chi connectivity index (χ0v) is 29.8. The third-order valence-electron chi connectivity index (χ3n) is 7.22. The van der Waals surface area contributed by atoms with E-state index in [9.17, 15) is 37.5 Å². The molecule has 0 aromatic heterocycles. The summed E-state index contributed by atoms with van der Waals surface area (Å²) in [5.41, 5.74) is 11.5. The molecule has 0 saturated carbocycles. The van der Waals surface area contributed by atoms with Crippen LogP contribution >= 0.6 is 11.6 Å². The van der Waals surface area contributed by atoms with Gasteiger partial charge in [0.05, 0.1) is 12.5 Å². The minimum absolute atomic E-state index is 0.0286. The number of amides is 4. The third-order valence-corrected chi connectivity index (χ3v) is 9.03. The first-order valence-electron chi connectivity index (χ1n) is 15.6. The van der Waals surface area contributed by atoms with Gasteiger partial charge in [0.15, 0.2) is 15.8 Å². The largest absolute Gasteiger partial charge is 0.481 e. The molecule has 4 amide bonds. The number of nitrogens with two attached hydrogens (primary N) is 2. The standard InChI is InChI=1S/C31H48ClN7O9S/c1-6-19(4)26(29(44)36-21(16-24(40)41)15-23(32)49(5,46)47)38-27(42)22(13-10-14-35-30(33)34)37-28(43)25(18(2)3)39-31(45)48-17-20-11-8-7-9-12-20/h7-9,11-12,15,18-19,21-22,25-26H,6,10,13-14,16-17H2,1-5H3,(H,36,44)(H,37,43)(H,38,42)(H,39,45)(H,40,41)(H4,33,34,35)/b23-15+/t19?,21-,22+,25+,26+/m1/s1. The van der Waals surface area contributed by atoms with Crippen LogP contribution in [0.3, 0.4) is 0 Å². The van der Waals surface area contributed by atoms with Crippen molar-refractivity contribution < 1.29 is 42.2 Å². The molecule has 1 aromatic carbocycles. The van der Waals surface area contributed by atoms with Crippen molar-refractivity contribution in [2.24, 2.45) is 28.3 Å². The normalized spacial score (nSPS) is 14.7. The zero-order chi connectivity index (χ0) is 37.3. The van der Waals surface area contributed by atoms with Gasteiger partial charge in [-0.2, -0.15) is 0 Å². The first-order valence-corrected chi connectivity index (χ1v) is 17.8. The number of hydrogen-bond donors (Lipinski definition) is 7. The summed E-state index contributed by atoms with van der Waals surface area (Å²) in [4.78, 5) is 68.5. The number of hydrogen-bond acceptors (Lipinski definition) is 9. The minimum atomic E-state index is -3.89. The summed E-state index contributed by atoms with van der Waals surface area (Å²) >= 11 is 5.83. The van der Waals surface area contributed by atoms with Gasteiger partial charge in [-0.15, -0.1) is 0 Å². The topological polar surface area (TPSA) is 261 Å². The number of guanidine groups is 1. The highest BCUT2D eigenvalue weighted by molar-refractivity contribution is 7.96. The number of carboxylic acid groups (broad SMARTS) is 1. The zero-order valence-electron chi connectivity index (χ0n) is 28.3. The van der Waals surface area contributed by atoms with Crippen LogP contribution in [0, 0.1) is 11.8 Å². The van der Waals surface area contributed by atoms with E-state index in [1.54, 1.807) is 52.0 Å². The highest BCUT2D eigenvalue weighted by atomic mass is 35.5.